The molecule has 0 amide bonds. The fourth-order valence-corrected chi connectivity index (χ4v) is 6.83. The van der Waals surface area contributed by atoms with E-state index in [2.05, 4.69) is 0 Å². The summed E-state index contributed by atoms with van der Waals surface area (Å²) >= 11 is 0. The highest BCUT2D eigenvalue weighted by atomic mass is 16.6. The maximum absolute atomic E-state index is 13.5. The number of esters is 2. The van der Waals surface area contributed by atoms with Gasteiger partial charge >= 0.3 is 11.9 Å². The summed E-state index contributed by atoms with van der Waals surface area (Å²) in [6.07, 6.45) is 2.81. The van der Waals surface area contributed by atoms with Crippen molar-refractivity contribution in [1.82, 2.24) is 0 Å². The molecule has 4 aliphatic rings. The van der Waals surface area contributed by atoms with Crippen molar-refractivity contribution in [1.29, 1.82) is 0 Å². The van der Waals surface area contributed by atoms with Crippen LogP contribution in [0.2, 0.25) is 0 Å². The van der Waals surface area contributed by atoms with Crippen molar-refractivity contribution in [2.75, 3.05) is 13.2 Å². The first-order valence-electron chi connectivity index (χ1n) is 10.6. The van der Waals surface area contributed by atoms with E-state index in [-0.39, 0.29) is 31.0 Å². The van der Waals surface area contributed by atoms with Gasteiger partial charge in [0, 0.05) is 18.9 Å². The lowest BCUT2D eigenvalue weighted by Crippen LogP contribution is -2.70. The zero-order valence-corrected chi connectivity index (χ0v) is 17.2. The molecule has 0 unspecified atom stereocenters. The molecule has 164 valence electrons. The number of ether oxygens (including phenoxy) is 3. The first-order chi connectivity index (χ1) is 14.3. The number of rotatable bonds is 3. The lowest BCUT2D eigenvalue weighted by Gasteiger charge is -2.61. The van der Waals surface area contributed by atoms with Crippen LogP contribution in [0.3, 0.4) is 0 Å². The van der Waals surface area contributed by atoms with E-state index in [1.165, 1.54) is 6.92 Å². The number of carbonyl (C=O) groups is 2. The van der Waals surface area contributed by atoms with E-state index in [4.69, 9.17) is 18.6 Å². The summed E-state index contributed by atoms with van der Waals surface area (Å²) in [4.78, 5) is 25.2. The SMILES string of the molecule is CC(=O)OC[C@@]12[C@H](CC[C@H](O)[C@]13CO3)[C@@]1(C[C@@H](c3ccoc3)OC1=O)[C@H](C)C[C@@H]2O. The summed E-state index contributed by atoms with van der Waals surface area (Å²) in [5.41, 5.74) is -2.13. The van der Waals surface area contributed by atoms with Gasteiger partial charge in [0.05, 0.1) is 42.2 Å². The fourth-order valence-electron chi connectivity index (χ4n) is 6.83. The Morgan fingerprint density at radius 2 is 2.07 bits per heavy atom. The first-order valence-corrected chi connectivity index (χ1v) is 10.6. The molecule has 2 saturated carbocycles. The van der Waals surface area contributed by atoms with E-state index < -0.39 is 40.7 Å². The van der Waals surface area contributed by atoms with Gasteiger partial charge in [-0.1, -0.05) is 6.92 Å². The molecule has 2 aliphatic heterocycles. The third-order valence-corrected chi connectivity index (χ3v) is 8.39. The van der Waals surface area contributed by atoms with Crippen LogP contribution in [0.15, 0.2) is 23.0 Å². The molecule has 2 spiro atoms. The Balaban J connectivity index is 1.61. The number of aliphatic hydroxyl groups excluding tert-OH is 2. The van der Waals surface area contributed by atoms with Crippen LogP contribution in [-0.2, 0) is 23.8 Å². The summed E-state index contributed by atoms with van der Waals surface area (Å²) in [5, 5.41) is 22.2. The van der Waals surface area contributed by atoms with E-state index in [1.54, 1.807) is 18.6 Å². The zero-order chi connectivity index (χ0) is 21.3. The van der Waals surface area contributed by atoms with Crippen LogP contribution < -0.4 is 0 Å². The van der Waals surface area contributed by atoms with Gasteiger partial charge in [0.15, 0.2) is 0 Å². The summed E-state index contributed by atoms with van der Waals surface area (Å²) in [5.74, 6) is -1.25. The van der Waals surface area contributed by atoms with Gasteiger partial charge in [-0.25, -0.2) is 0 Å². The third kappa shape index (κ3) is 2.38. The average Bonchev–Trinajstić information content (AvgIpc) is 3.16. The van der Waals surface area contributed by atoms with Crippen LogP contribution in [0.5, 0.6) is 0 Å². The smallest absolute Gasteiger partial charge is 0.313 e. The van der Waals surface area contributed by atoms with Crippen LogP contribution in [0, 0.1) is 22.7 Å². The number of carbonyl (C=O) groups excluding carboxylic acids is 2. The van der Waals surface area contributed by atoms with E-state index >= 15 is 0 Å². The van der Waals surface area contributed by atoms with Gasteiger partial charge in [0.2, 0.25) is 0 Å². The molecular weight excluding hydrogens is 392 g/mol. The second kappa shape index (κ2) is 6.55. The lowest BCUT2D eigenvalue weighted by atomic mass is 9.42. The van der Waals surface area contributed by atoms with Crippen molar-refractivity contribution >= 4 is 11.9 Å². The van der Waals surface area contributed by atoms with E-state index in [9.17, 15) is 19.8 Å². The largest absolute Gasteiger partial charge is 0.472 e. The summed E-state index contributed by atoms with van der Waals surface area (Å²) < 4.78 is 22.3. The Morgan fingerprint density at radius 1 is 1.30 bits per heavy atom. The Hall–Kier alpha value is -1.90. The first kappa shape index (κ1) is 20.0. The summed E-state index contributed by atoms with van der Waals surface area (Å²) in [6.45, 7) is 3.47. The van der Waals surface area contributed by atoms with Gasteiger partial charge in [-0.05, 0) is 37.2 Å². The van der Waals surface area contributed by atoms with Gasteiger partial charge < -0.3 is 28.8 Å². The van der Waals surface area contributed by atoms with E-state index in [0.717, 1.165) is 5.56 Å². The van der Waals surface area contributed by atoms with Gasteiger partial charge in [-0.3, -0.25) is 9.59 Å². The maximum atomic E-state index is 13.5. The van der Waals surface area contributed by atoms with Crippen molar-refractivity contribution in [3.8, 4) is 0 Å². The monoisotopic (exact) mass is 420 g/mol. The number of fused-ring (bicyclic) bond motifs is 3. The van der Waals surface area contributed by atoms with Gasteiger partial charge in [-0.2, -0.15) is 0 Å². The van der Waals surface area contributed by atoms with E-state index in [0.29, 0.717) is 25.7 Å². The highest BCUT2D eigenvalue weighted by molar-refractivity contribution is 5.81. The number of epoxide rings is 1. The minimum absolute atomic E-state index is 0.0939. The molecule has 2 N–H and O–H groups in total. The van der Waals surface area contributed by atoms with Crippen LogP contribution in [0.25, 0.3) is 0 Å². The fraction of sp³-hybridized carbons (Fsp3) is 0.727. The number of cyclic esters (lactones) is 1. The maximum Gasteiger partial charge on any atom is 0.313 e. The van der Waals surface area contributed by atoms with Gasteiger partial charge in [0.1, 0.15) is 18.3 Å². The molecule has 8 heteroatoms. The molecule has 8 nitrogen and oxygen atoms in total. The molecule has 1 aromatic heterocycles. The van der Waals surface area contributed by atoms with Crippen molar-refractivity contribution in [2.45, 2.75) is 63.4 Å². The van der Waals surface area contributed by atoms with Crippen molar-refractivity contribution in [2.24, 2.45) is 22.7 Å². The Morgan fingerprint density at radius 3 is 2.70 bits per heavy atom. The van der Waals surface area contributed by atoms with E-state index in [1.807, 2.05) is 6.92 Å². The second-order valence-corrected chi connectivity index (χ2v) is 9.49. The van der Waals surface area contributed by atoms with Crippen LogP contribution in [0.4, 0.5) is 0 Å². The molecule has 0 radical (unpaired) electrons. The molecule has 8 atom stereocenters. The topological polar surface area (TPSA) is 119 Å². The zero-order valence-electron chi connectivity index (χ0n) is 17.2. The second-order valence-electron chi connectivity index (χ2n) is 9.49. The Kier molecular flexibility index (Phi) is 4.37. The predicted octanol–water partition coefficient (Wildman–Crippen LogP) is 1.74. The molecule has 0 bridgehead atoms. The highest BCUT2D eigenvalue weighted by Crippen LogP contribution is 2.70. The minimum atomic E-state index is -1.06. The van der Waals surface area contributed by atoms with Crippen molar-refractivity contribution < 1.29 is 38.4 Å². The molecule has 4 fully saturated rings. The molecule has 2 aliphatic carbocycles. The molecule has 3 heterocycles. The molecule has 0 aromatic carbocycles. The minimum Gasteiger partial charge on any atom is -0.472 e. The van der Waals surface area contributed by atoms with Crippen LogP contribution in [0.1, 0.15) is 51.2 Å². The normalized spacial score (nSPS) is 47.2. The molecule has 1 aromatic rings. The highest BCUT2D eigenvalue weighted by Gasteiger charge is 2.79. The lowest BCUT2D eigenvalue weighted by molar-refractivity contribution is -0.237. The van der Waals surface area contributed by atoms with Gasteiger partial charge in [-0.15, -0.1) is 0 Å². The summed E-state index contributed by atoms with van der Waals surface area (Å²) in [7, 11) is 0. The van der Waals surface area contributed by atoms with Crippen LogP contribution in [-0.4, -0.2) is 53.2 Å². The molecular formula is C22H28O8. The van der Waals surface area contributed by atoms with Crippen molar-refractivity contribution in [3.05, 3.63) is 24.2 Å². The molecule has 30 heavy (non-hydrogen) atoms. The number of hydrogen-bond donors (Lipinski definition) is 2. The average molecular weight is 420 g/mol. The third-order valence-electron chi connectivity index (χ3n) is 8.39. The predicted molar refractivity (Wildman–Crippen MR) is 101 cm³/mol. The number of hydrogen-bond acceptors (Lipinski definition) is 8. The Labute approximate surface area is 174 Å². The Bertz CT molecular complexity index is 845. The molecule has 5 rings (SSSR count). The van der Waals surface area contributed by atoms with Gasteiger partial charge in [0.25, 0.3) is 0 Å². The number of furan rings is 1. The quantitative estimate of drug-likeness (QED) is 0.561. The standard InChI is InChI=1S/C22H28O8/c1-12-7-18(25)21(10-28-13(2)23)16(3-4-17(24)22(21)11-29-22)20(12)8-15(30-19(20)26)14-5-6-27-9-14/h5-6,9,12,15-18,24-25H,3-4,7-8,10-11H2,1-2H3/t12-,15+,16-,17+,18+,20-,21+,22-/m1/s1. The van der Waals surface area contributed by atoms with Crippen LogP contribution >= 0.6 is 0 Å². The number of aliphatic hydroxyl groups is 2. The molecule has 2 saturated heterocycles. The van der Waals surface area contributed by atoms with Crippen molar-refractivity contribution in [3.63, 3.8) is 0 Å². The summed E-state index contributed by atoms with van der Waals surface area (Å²) in [6, 6.07) is 1.79.